The number of nitrogens with one attached hydrogen (secondary N) is 1. The van der Waals surface area contributed by atoms with Gasteiger partial charge in [0.25, 0.3) is 0 Å². The topological polar surface area (TPSA) is 64.3 Å². The van der Waals surface area contributed by atoms with Crippen LogP contribution in [0.1, 0.15) is 51.9 Å². The molecule has 4 heteroatoms. The number of hydrogen-bond donors (Lipinski definition) is 2. The average Bonchev–Trinajstić information content (AvgIpc) is 2.87. The zero-order chi connectivity index (χ0) is 13.7. The van der Waals surface area contributed by atoms with Crippen LogP contribution in [0, 0.1) is 11.8 Å². The molecule has 0 saturated heterocycles. The highest BCUT2D eigenvalue weighted by Crippen LogP contribution is 2.33. The monoisotopic (exact) mass is 268 g/mol. The van der Waals surface area contributed by atoms with E-state index in [1.165, 1.54) is 25.7 Å². The van der Waals surface area contributed by atoms with E-state index in [0.717, 1.165) is 19.4 Å². The molecule has 110 valence electrons. The maximum Gasteiger partial charge on any atom is 0.220 e. The molecule has 1 unspecified atom stereocenters. The summed E-state index contributed by atoms with van der Waals surface area (Å²) in [6.45, 7) is 3.37. The Labute approximate surface area is 116 Å². The Morgan fingerprint density at radius 1 is 1.37 bits per heavy atom. The van der Waals surface area contributed by atoms with Crippen molar-refractivity contribution in [2.24, 2.45) is 17.6 Å². The van der Waals surface area contributed by atoms with Crippen molar-refractivity contribution in [1.82, 2.24) is 5.32 Å². The van der Waals surface area contributed by atoms with Crippen molar-refractivity contribution in [2.75, 3.05) is 13.2 Å². The second-order valence-corrected chi connectivity index (χ2v) is 6.07. The molecule has 1 amide bonds. The van der Waals surface area contributed by atoms with Gasteiger partial charge in [-0.15, -0.1) is 0 Å². The lowest BCUT2D eigenvalue weighted by atomic mass is 9.79. The van der Waals surface area contributed by atoms with Crippen LogP contribution in [-0.2, 0) is 9.53 Å². The molecule has 0 aromatic heterocycles. The van der Waals surface area contributed by atoms with Crippen LogP contribution in [0.15, 0.2) is 0 Å². The number of rotatable bonds is 7. The van der Waals surface area contributed by atoms with Gasteiger partial charge in [0.1, 0.15) is 0 Å². The van der Waals surface area contributed by atoms with E-state index in [1.807, 2.05) is 6.92 Å². The van der Waals surface area contributed by atoms with Gasteiger partial charge in [-0.3, -0.25) is 4.79 Å². The number of carbonyl (C=O) groups is 1. The van der Waals surface area contributed by atoms with Gasteiger partial charge >= 0.3 is 0 Å². The standard InChI is InChI=1S/C15H28N2O2/c1-2-19-13-7-11(8-13)9-15(18)17-14(10-16)12-5-3-4-6-12/h11-14H,2-10,16H2,1H3,(H,17,18). The average molecular weight is 268 g/mol. The molecule has 2 aliphatic rings. The van der Waals surface area contributed by atoms with Gasteiger partial charge < -0.3 is 15.8 Å². The molecule has 2 fully saturated rings. The number of hydrogen-bond acceptors (Lipinski definition) is 3. The Balaban J connectivity index is 1.66. The van der Waals surface area contributed by atoms with E-state index < -0.39 is 0 Å². The van der Waals surface area contributed by atoms with Crippen molar-refractivity contribution < 1.29 is 9.53 Å². The molecule has 2 saturated carbocycles. The highest BCUT2D eigenvalue weighted by molar-refractivity contribution is 5.76. The largest absolute Gasteiger partial charge is 0.378 e. The van der Waals surface area contributed by atoms with Crippen molar-refractivity contribution in [3.8, 4) is 0 Å². The fourth-order valence-corrected chi connectivity index (χ4v) is 3.47. The fraction of sp³-hybridized carbons (Fsp3) is 0.933. The van der Waals surface area contributed by atoms with Gasteiger partial charge in [-0.05, 0) is 44.4 Å². The molecule has 0 bridgehead atoms. The first-order chi connectivity index (χ1) is 9.22. The zero-order valence-corrected chi connectivity index (χ0v) is 12.1. The quantitative estimate of drug-likeness (QED) is 0.740. The van der Waals surface area contributed by atoms with Crippen LogP contribution < -0.4 is 11.1 Å². The summed E-state index contributed by atoms with van der Waals surface area (Å²) in [4.78, 5) is 12.0. The number of ether oxygens (including phenoxy) is 1. The molecule has 2 aliphatic carbocycles. The second kappa shape index (κ2) is 7.25. The molecule has 4 nitrogen and oxygen atoms in total. The van der Waals surface area contributed by atoms with Gasteiger partial charge in [0.2, 0.25) is 5.91 Å². The van der Waals surface area contributed by atoms with Gasteiger partial charge in [0.15, 0.2) is 0 Å². The normalized spacial score (nSPS) is 28.9. The summed E-state index contributed by atoms with van der Waals surface area (Å²) in [5.74, 6) is 1.30. The lowest BCUT2D eigenvalue weighted by Gasteiger charge is -2.35. The molecule has 0 aromatic carbocycles. The number of nitrogens with two attached hydrogens (primary N) is 1. The summed E-state index contributed by atoms with van der Waals surface area (Å²) in [7, 11) is 0. The molecular weight excluding hydrogens is 240 g/mol. The van der Waals surface area contributed by atoms with Crippen molar-refractivity contribution >= 4 is 5.91 Å². The number of carbonyl (C=O) groups excluding carboxylic acids is 1. The third-order valence-corrected chi connectivity index (χ3v) is 4.64. The summed E-state index contributed by atoms with van der Waals surface area (Å²) >= 11 is 0. The molecule has 0 aromatic rings. The van der Waals surface area contributed by atoms with Crippen LogP contribution in [0.5, 0.6) is 0 Å². The molecule has 0 aliphatic heterocycles. The maximum absolute atomic E-state index is 12.0. The molecular formula is C15H28N2O2. The van der Waals surface area contributed by atoms with Gasteiger partial charge in [-0.1, -0.05) is 12.8 Å². The minimum Gasteiger partial charge on any atom is -0.378 e. The van der Waals surface area contributed by atoms with Gasteiger partial charge in [-0.25, -0.2) is 0 Å². The molecule has 1 atom stereocenters. The van der Waals surface area contributed by atoms with Crippen LogP contribution in [0.3, 0.4) is 0 Å². The predicted octanol–water partition coefficient (Wildman–Crippen LogP) is 1.83. The number of amides is 1. The van der Waals surface area contributed by atoms with E-state index in [0.29, 0.717) is 30.9 Å². The van der Waals surface area contributed by atoms with Crippen molar-refractivity contribution in [1.29, 1.82) is 0 Å². The minimum atomic E-state index is 0.183. The Hall–Kier alpha value is -0.610. The Morgan fingerprint density at radius 2 is 2.05 bits per heavy atom. The molecule has 2 rings (SSSR count). The highest BCUT2D eigenvalue weighted by Gasteiger charge is 2.32. The van der Waals surface area contributed by atoms with E-state index >= 15 is 0 Å². The van der Waals surface area contributed by atoms with E-state index in [1.54, 1.807) is 0 Å². The van der Waals surface area contributed by atoms with Gasteiger partial charge in [0.05, 0.1) is 6.10 Å². The van der Waals surface area contributed by atoms with Gasteiger partial charge in [-0.2, -0.15) is 0 Å². The van der Waals surface area contributed by atoms with Crippen LogP contribution in [-0.4, -0.2) is 31.2 Å². The third kappa shape index (κ3) is 4.18. The minimum absolute atomic E-state index is 0.183. The lowest BCUT2D eigenvalue weighted by Crippen LogP contribution is -2.46. The summed E-state index contributed by atoms with van der Waals surface area (Å²) < 4.78 is 5.52. The first kappa shape index (κ1) is 14.8. The molecule has 0 radical (unpaired) electrons. The first-order valence-electron chi connectivity index (χ1n) is 7.84. The Kier molecular flexibility index (Phi) is 5.64. The Bertz CT molecular complexity index is 284. The molecule has 0 heterocycles. The van der Waals surface area contributed by atoms with Crippen LogP contribution in [0.2, 0.25) is 0 Å². The fourth-order valence-electron chi connectivity index (χ4n) is 3.47. The summed E-state index contributed by atoms with van der Waals surface area (Å²) in [5.41, 5.74) is 5.81. The first-order valence-corrected chi connectivity index (χ1v) is 7.84. The summed E-state index contributed by atoms with van der Waals surface area (Å²) in [6.07, 6.45) is 8.13. The van der Waals surface area contributed by atoms with Crippen LogP contribution in [0.25, 0.3) is 0 Å². The van der Waals surface area contributed by atoms with Crippen molar-refractivity contribution in [2.45, 2.75) is 64.0 Å². The second-order valence-electron chi connectivity index (χ2n) is 6.07. The van der Waals surface area contributed by atoms with Crippen molar-refractivity contribution in [3.05, 3.63) is 0 Å². The SMILES string of the molecule is CCOC1CC(CC(=O)NC(CN)C2CCCC2)C1. The lowest BCUT2D eigenvalue weighted by molar-refractivity contribution is -0.125. The summed E-state index contributed by atoms with van der Waals surface area (Å²) in [6, 6.07) is 0.192. The van der Waals surface area contributed by atoms with Crippen LogP contribution in [0.4, 0.5) is 0 Å². The summed E-state index contributed by atoms with van der Waals surface area (Å²) in [5, 5.41) is 3.15. The molecule has 19 heavy (non-hydrogen) atoms. The zero-order valence-electron chi connectivity index (χ0n) is 12.1. The smallest absolute Gasteiger partial charge is 0.220 e. The predicted molar refractivity (Wildman–Crippen MR) is 75.7 cm³/mol. The van der Waals surface area contributed by atoms with E-state index in [-0.39, 0.29) is 11.9 Å². The highest BCUT2D eigenvalue weighted by atomic mass is 16.5. The third-order valence-electron chi connectivity index (χ3n) is 4.64. The van der Waals surface area contributed by atoms with E-state index in [4.69, 9.17) is 10.5 Å². The molecule has 3 N–H and O–H groups in total. The van der Waals surface area contributed by atoms with E-state index in [9.17, 15) is 4.79 Å². The maximum atomic E-state index is 12.0. The van der Waals surface area contributed by atoms with E-state index in [2.05, 4.69) is 5.32 Å². The Morgan fingerprint density at radius 3 is 2.63 bits per heavy atom. The van der Waals surface area contributed by atoms with Crippen LogP contribution >= 0.6 is 0 Å². The molecule has 0 spiro atoms. The van der Waals surface area contributed by atoms with Crippen molar-refractivity contribution in [3.63, 3.8) is 0 Å². The van der Waals surface area contributed by atoms with Gasteiger partial charge in [0, 0.05) is 25.6 Å².